The number of furan rings is 1. The summed E-state index contributed by atoms with van der Waals surface area (Å²) >= 11 is -1.67. The van der Waals surface area contributed by atoms with Gasteiger partial charge in [-0.05, 0) is 0 Å². The third-order valence-corrected chi connectivity index (χ3v) is 2.51. The van der Waals surface area contributed by atoms with Crippen LogP contribution in [0.2, 0.25) is 0 Å². The van der Waals surface area contributed by atoms with Gasteiger partial charge in [0.1, 0.15) is 0 Å². The molecule has 0 aliphatic rings. The molecule has 0 aliphatic heterocycles. The van der Waals surface area contributed by atoms with E-state index in [9.17, 15) is 0 Å². The second-order valence-corrected chi connectivity index (χ2v) is 7.05. The number of rotatable bonds is 1. The monoisotopic (exact) mass is 252 g/mol. The zero-order valence-electron chi connectivity index (χ0n) is 4.33. The Balaban J connectivity index is 2.80. The van der Waals surface area contributed by atoms with E-state index in [1.165, 1.54) is 0 Å². The van der Waals surface area contributed by atoms with Crippen LogP contribution in [0.3, 0.4) is 0 Å². The Morgan fingerprint density at radius 2 is 2.33 bits per heavy atom. The molecule has 0 spiro atoms. The van der Waals surface area contributed by atoms with Gasteiger partial charge in [0.05, 0.1) is 0 Å². The van der Waals surface area contributed by atoms with Gasteiger partial charge < -0.3 is 0 Å². The summed E-state index contributed by atoms with van der Waals surface area (Å²) in [6, 6.07) is 3.63. The molecule has 0 aromatic carbocycles. The third kappa shape index (κ3) is 2.62. The normalized spacial score (nSPS) is 11.1. The minimum atomic E-state index is -1.67. The molecule has 0 atom stereocenters. The molecule has 0 amide bonds. The average molecular weight is 252 g/mol. The van der Waals surface area contributed by atoms with Crippen molar-refractivity contribution in [1.29, 1.82) is 0 Å². The van der Waals surface area contributed by atoms with Crippen LogP contribution in [0, 0.1) is 0 Å². The summed E-state index contributed by atoms with van der Waals surface area (Å²) in [4.78, 5) is 0. The second-order valence-electron chi connectivity index (χ2n) is 1.32. The zero-order chi connectivity index (χ0) is 6.69. The van der Waals surface area contributed by atoms with Crippen molar-refractivity contribution in [2.75, 3.05) is 0 Å². The predicted octanol–water partition coefficient (Wildman–Crippen LogP) is 2.36. The Bertz CT molecular complexity index is 201. The Hall–Kier alpha value is 0.353. The van der Waals surface area contributed by atoms with E-state index in [0.29, 0.717) is 0 Å². The molecule has 0 fully saturated rings. The minimum absolute atomic E-state index is 0.763. The average Bonchev–Trinajstić information content (AvgIpc) is 2.15. The van der Waals surface area contributed by atoms with Gasteiger partial charge >= 0.3 is 66.1 Å². The Morgan fingerprint density at radius 3 is 2.78 bits per heavy atom. The van der Waals surface area contributed by atoms with Gasteiger partial charge in [-0.1, -0.05) is 0 Å². The van der Waals surface area contributed by atoms with E-state index < -0.39 is 13.5 Å². The molecule has 9 heavy (non-hydrogen) atoms. The first-order valence-electron chi connectivity index (χ1n) is 2.16. The number of halogens is 2. The van der Waals surface area contributed by atoms with Gasteiger partial charge in [0.15, 0.2) is 0 Å². The molecular formula is C5H4Cl2ORu. The van der Waals surface area contributed by atoms with Crippen molar-refractivity contribution in [3.63, 3.8) is 0 Å². The van der Waals surface area contributed by atoms with Gasteiger partial charge in [0.25, 0.3) is 0 Å². The molecule has 1 aromatic rings. The molecule has 0 saturated carbocycles. The number of hydrogen-bond acceptors (Lipinski definition) is 1. The van der Waals surface area contributed by atoms with Crippen LogP contribution in [0.25, 0.3) is 0 Å². The first-order valence-corrected chi connectivity index (χ1v) is 7.63. The maximum absolute atomic E-state index is 5.56. The topological polar surface area (TPSA) is 13.1 Å². The molecule has 1 rings (SSSR count). The van der Waals surface area contributed by atoms with E-state index in [1.807, 2.05) is 6.07 Å². The fourth-order valence-corrected chi connectivity index (χ4v) is 1.98. The summed E-state index contributed by atoms with van der Waals surface area (Å²) in [6.07, 6.45) is 1.59. The van der Waals surface area contributed by atoms with Crippen molar-refractivity contribution in [1.82, 2.24) is 0 Å². The summed E-state index contributed by atoms with van der Waals surface area (Å²) in [5.41, 5.74) is 0. The molecule has 52 valence electrons. The first-order chi connectivity index (χ1) is 4.29. The quantitative estimate of drug-likeness (QED) is 0.699. The van der Waals surface area contributed by atoms with Gasteiger partial charge in [0.2, 0.25) is 0 Å². The van der Waals surface area contributed by atoms with Crippen molar-refractivity contribution in [3.05, 3.63) is 24.2 Å². The molecule has 0 bridgehead atoms. The molecule has 0 unspecified atom stereocenters. The van der Waals surface area contributed by atoms with Crippen LogP contribution < -0.4 is 0 Å². The fraction of sp³-hybridized carbons (Fsp3) is 0. The summed E-state index contributed by atoms with van der Waals surface area (Å²) < 4.78 is 6.71. The SMILES string of the molecule is [Cl][Ru]([Cl])=[CH]c1ccco1. The van der Waals surface area contributed by atoms with Gasteiger partial charge in [0, 0.05) is 0 Å². The van der Waals surface area contributed by atoms with E-state index >= 15 is 0 Å². The first kappa shape index (κ1) is 7.46. The summed E-state index contributed by atoms with van der Waals surface area (Å²) in [7, 11) is 11.1. The molecule has 0 saturated heterocycles. The van der Waals surface area contributed by atoms with Gasteiger partial charge in [-0.2, -0.15) is 0 Å². The van der Waals surface area contributed by atoms with Crippen molar-refractivity contribution >= 4 is 24.0 Å². The van der Waals surface area contributed by atoms with Crippen LogP contribution in [-0.4, -0.2) is 4.61 Å². The zero-order valence-corrected chi connectivity index (χ0v) is 7.58. The molecule has 0 radical (unpaired) electrons. The summed E-state index contributed by atoms with van der Waals surface area (Å²) in [6.45, 7) is 0. The van der Waals surface area contributed by atoms with Crippen molar-refractivity contribution in [3.8, 4) is 0 Å². The number of hydrogen-bond donors (Lipinski definition) is 0. The summed E-state index contributed by atoms with van der Waals surface area (Å²) in [5, 5.41) is 0. The van der Waals surface area contributed by atoms with E-state index in [0.717, 1.165) is 5.76 Å². The second kappa shape index (κ2) is 3.50. The van der Waals surface area contributed by atoms with Gasteiger partial charge in [-0.15, -0.1) is 0 Å². The van der Waals surface area contributed by atoms with E-state index in [-0.39, 0.29) is 0 Å². The van der Waals surface area contributed by atoms with Crippen LogP contribution in [-0.2, 0) is 13.5 Å². The predicted molar refractivity (Wildman–Crippen MR) is 35.6 cm³/mol. The molecular weight excluding hydrogens is 248 g/mol. The van der Waals surface area contributed by atoms with Gasteiger partial charge in [-0.25, -0.2) is 0 Å². The van der Waals surface area contributed by atoms with Gasteiger partial charge in [-0.3, -0.25) is 0 Å². The Morgan fingerprint density at radius 1 is 1.56 bits per heavy atom. The van der Waals surface area contributed by atoms with E-state index in [1.54, 1.807) is 16.9 Å². The molecule has 4 heteroatoms. The summed E-state index contributed by atoms with van der Waals surface area (Å²) in [5.74, 6) is 0.763. The van der Waals surface area contributed by atoms with Crippen molar-refractivity contribution < 1.29 is 17.9 Å². The maximum atomic E-state index is 5.56. The van der Waals surface area contributed by atoms with Crippen molar-refractivity contribution in [2.24, 2.45) is 0 Å². The van der Waals surface area contributed by atoms with Crippen LogP contribution in [0.5, 0.6) is 0 Å². The Kier molecular flexibility index (Phi) is 2.90. The van der Waals surface area contributed by atoms with Crippen molar-refractivity contribution in [2.45, 2.75) is 0 Å². The molecule has 0 N–H and O–H groups in total. The fourth-order valence-electron chi connectivity index (χ4n) is 0.425. The molecule has 1 aromatic heterocycles. The molecule has 1 heterocycles. The third-order valence-electron chi connectivity index (χ3n) is 0.721. The Labute approximate surface area is 66.1 Å². The standard InChI is InChI=1S/C5H4O.2ClH.Ru/c1-5-3-2-4-6-5;;;/h1-4H;2*1H;/q;;;+2/p-2. The molecule has 1 nitrogen and oxygen atoms in total. The van der Waals surface area contributed by atoms with Crippen LogP contribution in [0.15, 0.2) is 22.8 Å². The van der Waals surface area contributed by atoms with Crippen LogP contribution in [0.1, 0.15) is 5.76 Å². The van der Waals surface area contributed by atoms with E-state index in [2.05, 4.69) is 0 Å². The van der Waals surface area contributed by atoms with E-state index in [4.69, 9.17) is 23.8 Å². The molecule has 0 aliphatic carbocycles. The van der Waals surface area contributed by atoms with Crippen LogP contribution >= 0.6 is 19.4 Å². The van der Waals surface area contributed by atoms with Crippen LogP contribution in [0.4, 0.5) is 0 Å².